The van der Waals surface area contributed by atoms with Crippen LogP contribution in [0, 0.1) is 0 Å². The van der Waals surface area contributed by atoms with Gasteiger partial charge in [0.15, 0.2) is 6.29 Å². The van der Waals surface area contributed by atoms with Gasteiger partial charge in [0.2, 0.25) is 0 Å². The molecule has 2 heterocycles. The van der Waals surface area contributed by atoms with Crippen LogP contribution >= 0.6 is 0 Å². The lowest BCUT2D eigenvalue weighted by atomic mass is 10.4. The number of aromatic nitrogens is 4. The number of hydrogen-bond donors (Lipinski definition) is 0. The minimum absolute atomic E-state index is 0.467. The van der Waals surface area contributed by atoms with Crippen molar-refractivity contribution in [1.29, 1.82) is 0 Å². The number of carbonyl (C=O) groups excluding carboxylic acids is 1. The molecule has 0 radical (unpaired) electrons. The maximum atomic E-state index is 10.4. The van der Waals surface area contributed by atoms with Gasteiger partial charge in [0.25, 0.3) is 0 Å². The van der Waals surface area contributed by atoms with E-state index in [0.29, 0.717) is 5.69 Å². The summed E-state index contributed by atoms with van der Waals surface area (Å²) in [5, 5.41) is 0. The Hall–Kier alpha value is -1.91. The Morgan fingerprint density at radius 3 is 2.93 bits per heavy atom. The monoisotopic (exact) mass is 204 g/mol. The molecule has 0 amide bonds. The zero-order chi connectivity index (χ0) is 10.7. The van der Waals surface area contributed by atoms with Crippen molar-refractivity contribution in [3.63, 3.8) is 0 Å². The van der Waals surface area contributed by atoms with Crippen LogP contribution in [0.15, 0.2) is 24.9 Å². The van der Waals surface area contributed by atoms with Crippen LogP contribution in [0.5, 0.6) is 0 Å². The zero-order valence-corrected chi connectivity index (χ0v) is 8.50. The first-order valence-corrected chi connectivity index (χ1v) is 4.73. The Labute approximate surface area is 87.4 Å². The molecule has 0 aliphatic heterocycles. The molecule has 2 aromatic heterocycles. The van der Waals surface area contributed by atoms with E-state index in [9.17, 15) is 4.79 Å². The van der Waals surface area contributed by atoms with E-state index in [0.717, 1.165) is 25.1 Å². The highest BCUT2D eigenvalue weighted by molar-refractivity contribution is 5.70. The number of nitrogens with zero attached hydrogens (tertiary/aromatic N) is 4. The van der Waals surface area contributed by atoms with Gasteiger partial charge in [-0.25, -0.2) is 9.97 Å². The van der Waals surface area contributed by atoms with Crippen LogP contribution in [0.25, 0.3) is 0 Å². The van der Waals surface area contributed by atoms with Crippen molar-refractivity contribution in [3.05, 3.63) is 36.4 Å². The molecule has 0 bridgehead atoms. The third-order valence-electron chi connectivity index (χ3n) is 2.29. The Bertz CT molecular complexity index is 457. The minimum Gasteiger partial charge on any atom is -0.338 e. The third kappa shape index (κ3) is 2.12. The van der Waals surface area contributed by atoms with Crippen molar-refractivity contribution in [2.24, 2.45) is 7.05 Å². The fourth-order valence-corrected chi connectivity index (χ4v) is 1.43. The van der Waals surface area contributed by atoms with Gasteiger partial charge < -0.3 is 9.13 Å². The first kappa shape index (κ1) is 9.64. The lowest BCUT2D eigenvalue weighted by Gasteiger charge is -2.02. The summed E-state index contributed by atoms with van der Waals surface area (Å²) in [6.45, 7) is 0.783. The molecule has 5 nitrogen and oxygen atoms in total. The van der Waals surface area contributed by atoms with Crippen LogP contribution in [-0.4, -0.2) is 25.4 Å². The van der Waals surface area contributed by atoms with E-state index in [-0.39, 0.29) is 0 Å². The van der Waals surface area contributed by atoms with Crippen molar-refractivity contribution in [2.45, 2.75) is 13.0 Å². The topological polar surface area (TPSA) is 52.7 Å². The Morgan fingerprint density at radius 2 is 2.33 bits per heavy atom. The van der Waals surface area contributed by atoms with E-state index in [1.807, 2.05) is 22.4 Å². The van der Waals surface area contributed by atoms with E-state index in [1.165, 1.54) is 0 Å². The summed E-state index contributed by atoms with van der Waals surface area (Å²) < 4.78 is 3.87. The SMILES string of the molecule is Cn1ccnc1CCn1cnc(C=O)c1. The summed E-state index contributed by atoms with van der Waals surface area (Å²) in [5.41, 5.74) is 0.467. The summed E-state index contributed by atoms with van der Waals surface area (Å²) in [6.07, 6.45) is 8.66. The van der Waals surface area contributed by atoms with Crippen molar-refractivity contribution < 1.29 is 4.79 Å². The van der Waals surface area contributed by atoms with E-state index in [2.05, 4.69) is 9.97 Å². The lowest BCUT2D eigenvalue weighted by Crippen LogP contribution is -2.03. The first-order chi connectivity index (χ1) is 7.29. The molecule has 0 aliphatic rings. The molecular formula is C10H12N4O. The second-order valence-corrected chi connectivity index (χ2v) is 3.36. The van der Waals surface area contributed by atoms with Crippen molar-refractivity contribution in [2.75, 3.05) is 0 Å². The van der Waals surface area contributed by atoms with Crippen LogP contribution in [-0.2, 0) is 20.0 Å². The molecule has 0 atom stereocenters. The van der Waals surface area contributed by atoms with Gasteiger partial charge in [-0.15, -0.1) is 0 Å². The van der Waals surface area contributed by atoms with Crippen molar-refractivity contribution >= 4 is 6.29 Å². The number of carbonyl (C=O) groups is 1. The highest BCUT2D eigenvalue weighted by Crippen LogP contribution is 1.99. The molecule has 0 saturated carbocycles. The van der Waals surface area contributed by atoms with E-state index >= 15 is 0 Å². The zero-order valence-electron chi connectivity index (χ0n) is 8.50. The molecule has 0 aliphatic carbocycles. The molecule has 0 aromatic carbocycles. The van der Waals surface area contributed by atoms with Gasteiger partial charge >= 0.3 is 0 Å². The maximum Gasteiger partial charge on any atom is 0.169 e. The molecule has 2 aromatic rings. The van der Waals surface area contributed by atoms with Crippen LogP contribution < -0.4 is 0 Å². The molecule has 0 N–H and O–H groups in total. The number of aryl methyl sites for hydroxylation is 3. The average molecular weight is 204 g/mol. The van der Waals surface area contributed by atoms with Gasteiger partial charge in [0.1, 0.15) is 11.5 Å². The van der Waals surface area contributed by atoms with Gasteiger partial charge in [0, 0.05) is 38.6 Å². The molecule has 78 valence electrons. The minimum atomic E-state index is 0.467. The van der Waals surface area contributed by atoms with Crippen molar-refractivity contribution in [1.82, 2.24) is 19.1 Å². The number of aldehydes is 1. The molecule has 0 fully saturated rings. The number of hydrogen-bond acceptors (Lipinski definition) is 3. The van der Waals surface area contributed by atoms with Gasteiger partial charge in [-0.2, -0.15) is 0 Å². The van der Waals surface area contributed by atoms with Gasteiger partial charge in [-0.1, -0.05) is 0 Å². The van der Waals surface area contributed by atoms with Gasteiger partial charge in [-0.3, -0.25) is 4.79 Å². The lowest BCUT2D eigenvalue weighted by molar-refractivity contribution is 0.111. The predicted octanol–water partition coefficient (Wildman–Crippen LogP) is 0.672. The number of rotatable bonds is 4. The summed E-state index contributed by atoms with van der Waals surface area (Å²) in [7, 11) is 1.97. The predicted molar refractivity (Wildman–Crippen MR) is 54.5 cm³/mol. The van der Waals surface area contributed by atoms with Crippen LogP contribution in [0.4, 0.5) is 0 Å². The summed E-state index contributed by atoms with van der Waals surface area (Å²) in [6, 6.07) is 0. The molecule has 0 unspecified atom stereocenters. The summed E-state index contributed by atoms with van der Waals surface area (Å²) in [5.74, 6) is 1.02. The molecular weight excluding hydrogens is 192 g/mol. The Morgan fingerprint density at radius 1 is 1.47 bits per heavy atom. The fourth-order valence-electron chi connectivity index (χ4n) is 1.43. The van der Waals surface area contributed by atoms with Crippen LogP contribution in [0.2, 0.25) is 0 Å². The normalized spacial score (nSPS) is 10.5. The average Bonchev–Trinajstić information content (AvgIpc) is 2.84. The van der Waals surface area contributed by atoms with Gasteiger partial charge in [-0.05, 0) is 0 Å². The fraction of sp³-hybridized carbons (Fsp3) is 0.300. The number of imidazole rings is 2. The van der Waals surface area contributed by atoms with E-state index < -0.39 is 0 Å². The third-order valence-corrected chi connectivity index (χ3v) is 2.29. The largest absolute Gasteiger partial charge is 0.338 e. The first-order valence-electron chi connectivity index (χ1n) is 4.73. The standard InChI is InChI=1S/C10H12N4O/c1-13-5-3-11-10(13)2-4-14-6-9(7-15)12-8-14/h3,5-8H,2,4H2,1H3. The van der Waals surface area contributed by atoms with Crippen LogP contribution in [0.1, 0.15) is 16.3 Å². The second kappa shape index (κ2) is 4.08. The smallest absolute Gasteiger partial charge is 0.169 e. The quantitative estimate of drug-likeness (QED) is 0.688. The second-order valence-electron chi connectivity index (χ2n) is 3.36. The maximum absolute atomic E-state index is 10.4. The molecule has 5 heteroatoms. The summed E-state index contributed by atoms with van der Waals surface area (Å²) in [4.78, 5) is 18.6. The Kier molecular flexibility index (Phi) is 2.62. The summed E-state index contributed by atoms with van der Waals surface area (Å²) >= 11 is 0. The molecule has 0 saturated heterocycles. The van der Waals surface area contributed by atoms with Gasteiger partial charge in [0.05, 0.1) is 6.33 Å². The molecule has 15 heavy (non-hydrogen) atoms. The van der Waals surface area contributed by atoms with E-state index in [4.69, 9.17) is 0 Å². The Balaban J connectivity index is 1.99. The molecule has 0 spiro atoms. The highest BCUT2D eigenvalue weighted by Gasteiger charge is 2.00. The van der Waals surface area contributed by atoms with E-state index in [1.54, 1.807) is 18.7 Å². The van der Waals surface area contributed by atoms with Crippen molar-refractivity contribution in [3.8, 4) is 0 Å². The van der Waals surface area contributed by atoms with Crippen LogP contribution in [0.3, 0.4) is 0 Å². The molecule has 2 rings (SSSR count). The highest BCUT2D eigenvalue weighted by atomic mass is 16.1.